The average molecular weight is 349 g/mol. The van der Waals surface area contributed by atoms with Gasteiger partial charge < -0.3 is 15.8 Å². The quantitative estimate of drug-likeness (QED) is 0.808. The fourth-order valence-electron chi connectivity index (χ4n) is 2.25. The summed E-state index contributed by atoms with van der Waals surface area (Å²) in [6, 6.07) is 17.4. The number of amides is 1. The van der Waals surface area contributed by atoms with E-state index in [1.807, 2.05) is 61.5 Å². The average Bonchev–Trinajstić information content (AvgIpc) is 2.59. The maximum Gasteiger partial charge on any atom is 0.244 e. The molecule has 4 nitrogen and oxygen atoms in total. The van der Waals surface area contributed by atoms with E-state index in [2.05, 4.69) is 5.32 Å². The van der Waals surface area contributed by atoms with Gasteiger partial charge in [-0.25, -0.2) is 0 Å². The Morgan fingerprint density at radius 3 is 2.25 bits per heavy atom. The minimum Gasteiger partial charge on any atom is -0.377 e. The zero-order valence-corrected chi connectivity index (χ0v) is 14.9. The van der Waals surface area contributed by atoms with Crippen molar-refractivity contribution in [2.75, 3.05) is 6.61 Å². The van der Waals surface area contributed by atoms with Crippen molar-refractivity contribution >= 4 is 18.3 Å². The molecule has 0 fully saturated rings. The molecule has 130 valence electrons. The fraction of sp³-hybridized carbons (Fsp3) is 0.316. The Hall–Kier alpha value is -1.88. The van der Waals surface area contributed by atoms with Gasteiger partial charge in [0.05, 0.1) is 6.61 Å². The molecule has 0 bridgehead atoms. The van der Waals surface area contributed by atoms with Crippen LogP contribution in [0.5, 0.6) is 0 Å². The molecule has 2 aromatic carbocycles. The van der Waals surface area contributed by atoms with Gasteiger partial charge in [-0.3, -0.25) is 4.79 Å². The van der Waals surface area contributed by atoms with E-state index in [0.717, 1.165) is 16.7 Å². The highest BCUT2D eigenvalue weighted by atomic mass is 35.5. The topological polar surface area (TPSA) is 64.3 Å². The molecule has 0 aliphatic carbocycles. The molecule has 0 aromatic heterocycles. The molecule has 2 rings (SSSR count). The number of carbonyl (C=O) groups excluding carboxylic acids is 1. The number of rotatable bonds is 7. The molecule has 1 unspecified atom stereocenters. The predicted octanol–water partition coefficient (Wildman–Crippen LogP) is 3.14. The van der Waals surface area contributed by atoms with Crippen molar-refractivity contribution in [1.29, 1.82) is 0 Å². The number of hydrogen-bond acceptors (Lipinski definition) is 3. The van der Waals surface area contributed by atoms with Gasteiger partial charge >= 0.3 is 0 Å². The normalized spacial score (nSPS) is 12.8. The van der Waals surface area contributed by atoms with Crippen LogP contribution in [0.1, 0.15) is 30.5 Å². The third-order valence-electron chi connectivity index (χ3n) is 3.79. The second kappa shape index (κ2) is 9.42. The van der Waals surface area contributed by atoms with Crippen molar-refractivity contribution < 1.29 is 9.53 Å². The Kier molecular flexibility index (Phi) is 7.92. The van der Waals surface area contributed by atoms with E-state index in [1.165, 1.54) is 0 Å². The van der Waals surface area contributed by atoms with Crippen molar-refractivity contribution in [3.63, 3.8) is 0 Å². The molecule has 0 aliphatic rings. The lowest BCUT2D eigenvalue weighted by molar-refractivity contribution is -0.126. The van der Waals surface area contributed by atoms with Crippen LogP contribution in [0.3, 0.4) is 0 Å². The van der Waals surface area contributed by atoms with E-state index in [9.17, 15) is 4.79 Å². The van der Waals surface area contributed by atoms with Gasteiger partial charge in [0.1, 0.15) is 5.54 Å². The summed E-state index contributed by atoms with van der Waals surface area (Å²) in [5.74, 6) is -0.193. The standard InChI is InChI=1S/C19H24N2O2.ClH/c1-3-23-14-16-11-9-15(10-12-16)13-21-18(22)19(2,20)17-7-5-4-6-8-17;/h4-12H,3,13-14,20H2,1-2H3,(H,21,22);1H. The minimum atomic E-state index is -1.05. The molecule has 0 heterocycles. The van der Waals surface area contributed by atoms with Gasteiger partial charge in [-0.15, -0.1) is 12.4 Å². The summed E-state index contributed by atoms with van der Waals surface area (Å²) in [7, 11) is 0. The Balaban J connectivity index is 0.00000288. The molecule has 0 saturated heterocycles. The molecule has 1 atom stereocenters. The monoisotopic (exact) mass is 348 g/mol. The van der Waals surface area contributed by atoms with Crippen LogP contribution in [0.25, 0.3) is 0 Å². The summed E-state index contributed by atoms with van der Waals surface area (Å²) < 4.78 is 5.37. The highest BCUT2D eigenvalue weighted by Gasteiger charge is 2.29. The molecule has 0 saturated carbocycles. The smallest absolute Gasteiger partial charge is 0.244 e. The first kappa shape index (κ1) is 20.2. The van der Waals surface area contributed by atoms with Crippen molar-refractivity contribution in [2.45, 2.75) is 32.5 Å². The van der Waals surface area contributed by atoms with E-state index < -0.39 is 5.54 Å². The zero-order valence-electron chi connectivity index (χ0n) is 14.1. The van der Waals surface area contributed by atoms with E-state index in [-0.39, 0.29) is 18.3 Å². The zero-order chi connectivity index (χ0) is 16.7. The summed E-state index contributed by atoms with van der Waals surface area (Å²) in [5.41, 5.74) is 8.10. The number of halogens is 1. The van der Waals surface area contributed by atoms with E-state index >= 15 is 0 Å². The van der Waals surface area contributed by atoms with Gasteiger partial charge in [0.15, 0.2) is 0 Å². The van der Waals surface area contributed by atoms with Gasteiger partial charge in [0, 0.05) is 13.2 Å². The summed E-state index contributed by atoms with van der Waals surface area (Å²) >= 11 is 0. The largest absolute Gasteiger partial charge is 0.377 e. The molecule has 2 aromatic rings. The van der Waals surface area contributed by atoms with Gasteiger partial charge in [0.2, 0.25) is 5.91 Å². The van der Waals surface area contributed by atoms with Crippen LogP contribution in [0.4, 0.5) is 0 Å². The molecular formula is C19H25ClN2O2. The minimum absolute atomic E-state index is 0. The first-order valence-electron chi connectivity index (χ1n) is 7.82. The van der Waals surface area contributed by atoms with E-state index in [4.69, 9.17) is 10.5 Å². The Morgan fingerprint density at radius 2 is 1.67 bits per heavy atom. The maximum absolute atomic E-state index is 12.4. The number of hydrogen-bond donors (Lipinski definition) is 2. The first-order chi connectivity index (χ1) is 11.0. The van der Waals surface area contributed by atoms with Crippen molar-refractivity contribution in [1.82, 2.24) is 5.32 Å². The molecule has 0 radical (unpaired) electrons. The lowest BCUT2D eigenvalue weighted by Crippen LogP contribution is -2.48. The predicted molar refractivity (Wildman–Crippen MR) is 98.8 cm³/mol. The first-order valence-corrected chi connectivity index (χ1v) is 7.82. The molecule has 5 heteroatoms. The van der Waals surface area contributed by atoms with Gasteiger partial charge in [-0.1, -0.05) is 54.6 Å². The number of carbonyl (C=O) groups is 1. The fourth-order valence-corrected chi connectivity index (χ4v) is 2.25. The molecule has 1 amide bonds. The summed E-state index contributed by atoms with van der Waals surface area (Å²) in [6.07, 6.45) is 0. The van der Waals surface area contributed by atoms with Gasteiger partial charge in [-0.05, 0) is 30.5 Å². The van der Waals surface area contributed by atoms with Crippen LogP contribution in [0.2, 0.25) is 0 Å². The number of ether oxygens (including phenoxy) is 1. The second-order valence-corrected chi connectivity index (χ2v) is 5.70. The van der Waals surface area contributed by atoms with Crippen LogP contribution >= 0.6 is 12.4 Å². The molecule has 0 spiro atoms. The Labute approximate surface area is 149 Å². The van der Waals surface area contributed by atoms with Crippen molar-refractivity contribution in [3.05, 3.63) is 71.3 Å². The van der Waals surface area contributed by atoms with Gasteiger partial charge in [0.25, 0.3) is 0 Å². The number of nitrogens with one attached hydrogen (secondary N) is 1. The molecular weight excluding hydrogens is 324 g/mol. The van der Waals surface area contributed by atoms with Crippen LogP contribution < -0.4 is 11.1 Å². The molecule has 0 aliphatic heterocycles. The number of nitrogens with two attached hydrogens (primary N) is 1. The summed E-state index contributed by atoms with van der Waals surface area (Å²) in [5, 5.41) is 2.91. The third-order valence-corrected chi connectivity index (χ3v) is 3.79. The number of benzene rings is 2. The van der Waals surface area contributed by atoms with E-state index in [0.29, 0.717) is 19.8 Å². The third kappa shape index (κ3) is 5.34. The van der Waals surface area contributed by atoms with E-state index in [1.54, 1.807) is 6.92 Å². The SMILES string of the molecule is CCOCc1ccc(CNC(=O)C(C)(N)c2ccccc2)cc1.Cl. The van der Waals surface area contributed by atoms with Gasteiger partial charge in [-0.2, -0.15) is 0 Å². The molecule has 3 N–H and O–H groups in total. The molecule has 24 heavy (non-hydrogen) atoms. The Bertz CT molecular complexity index is 628. The van der Waals surface area contributed by atoms with Crippen LogP contribution in [-0.2, 0) is 28.2 Å². The summed E-state index contributed by atoms with van der Waals surface area (Å²) in [6.45, 7) is 5.46. The van der Waals surface area contributed by atoms with Crippen LogP contribution in [0, 0.1) is 0 Å². The maximum atomic E-state index is 12.4. The lowest BCUT2D eigenvalue weighted by atomic mass is 9.92. The Morgan fingerprint density at radius 1 is 1.08 bits per heavy atom. The van der Waals surface area contributed by atoms with Crippen LogP contribution in [0.15, 0.2) is 54.6 Å². The summed E-state index contributed by atoms with van der Waals surface area (Å²) in [4.78, 5) is 12.4. The second-order valence-electron chi connectivity index (χ2n) is 5.70. The van der Waals surface area contributed by atoms with Crippen molar-refractivity contribution in [3.8, 4) is 0 Å². The van der Waals surface area contributed by atoms with Crippen molar-refractivity contribution in [2.24, 2.45) is 5.73 Å². The highest BCUT2D eigenvalue weighted by molar-refractivity contribution is 5.87. The highest BCUT2D eigenvalue weighted by Crippen LogP contribution is 2.17. The lowest BCUT2D eigenvalue weighted by Gasteiger charge is -2.24. The van der Waals surface area contributed by atoms with Crippen LogP contribution in [-0.4, -0.2) is 12.5 Å².